The molecule has 0 aliphatic heterocycles. The first-order valence-corrected chi connectivity index (χ1v) is 12.5. The zero-order valence-electron chi connectivity index (χ0n) is 22.0. The minimum absolute atomic E-state index is 0.0917. The lowest BCUT2D eigenvalue weighted by atomic mass is 10.1. The summed E-state index contributed by atoms with van der Waals surface area (Å²) in [6, 6.07) is 19.8. The molecule has 1 heterocycles. The number of carbonyl (C=O) groups is 2. The highest BCUT2D eigenvalue weighted by molar-refractivity contribution is 6.06. The lowest BCUT2D eigenvalue weighted by Gasteiger charge is -2.14. The van der Waals surface area contributed by atoms with Crippen LogP contribution in [0.3, 0.4) is 0 Å². The second kappa shape index (κ2) is 10.4. The Kier molecular flexibility index (Phi) is 7.30. The van der Waals surface area contributed by atoms with Crippen LogP contribution in [0.4, 0.5) is 5.69 Å². The summed E-state index contributed by atoms with van der Waals surface area (Å²) in [4.78, 5) is 26.1. The number of rotatable bonds is 7. The third-order valence-corrected chi connectivity index (χ3v) is 6.66. The van der Waals surface area contributed by atoms with E-state index in [9.17, 15) is 9.59 Å². The van der Waals surface area contributed by atoms with Gasteiger partial charge in [0.05, 0.1) is 0 Å². The quantitative estimate of drug-likeness (QED) is 0.314. The molecule has 0 aliphatic rings. The molecule has 2 amide bonds. The van der Waals surface area contributed by atoms with E-state index >= 15 is 0 Å². The summed E-state index contributed by atoms with van der Waals surface area (Å²) < 4.78 is 2.07. The van der Waals surface area contributed by atoms with Gasteiger partial charge in [-0.25, -0.2) is 0 Å². The third-order valence-electron chi connectivity index (χ3n) is 6.66. The number of nitrogens with zero attached hydrogens (tertiary/aromatic N) is 1. The number of benzene rings is 3. The van der Waals surface area contributed by atoms with Crippen molar-refractivity contribution < 1.29 is 9.59 Å². The van der Waals surface area contributed by atoms with Gasteiger partial charge >= 0.3 is 0 Å². The molecule has 5 heteroatoms. The predicted molar refractivity (Wildman–Crippen MR) is 148 cm³/mol. The molecule has 0 fully saturated rings. The molecule has 1 aromatic heterocycles. The highest BCUT2D eigenvalue weighted by atomic mass is 16.2. The van der Waals surface area contributed by atoms with Crippen LogP contribution in [0.5, 0.6) is 0 Å². The molecule has 0 radical (unpaired) electrons. The Hall–Kier alpha value is -3.86. The van der Waals surface area contributed by atoms with E-state index in [0.29, 0.717) is 36.0 Å². The lowest BCUT2D eigenvalue weighted by Crippen LogP contribution is -2.29. The fourth-order valence-corrected chi connectivity index (χ4v) is 4.32. The number of carbonyl (C=O) groups excluding carboxylic acids is 2. The van der Waals surface area contributed by atoms with Crippen molar-refractivity contribution in [2.75, 3.05) is 11.9 Å². The van der Waals surface area contributed by atoms with E-state index in [0.717, 1.165) is 22.0 Å². The number of aryl methyl sites for hydroxylation is 4. The summed E-state index contributed by atoms with van der Waals surface area (Å²) in [6.45, 7) is 13.6. The normalized spacial score (nSPS) is 11.2. The average molecular weight is 482 g/mol. The third kappa shape index (κ3) is 5.51. The molecule has 36 heavy (non-hydrogen) atoms. The maximum Gasteiger partial charge on any atom is 0.267 e. The van der Waals surface area contributed by atoms with Gasteiger partial charge in [0.1, 0.15) is 5.69 Å². The Morgan fingerprint density at radius 2 is 1.56 bits per heavy atom. The topological polar surface area (TPSA) is 63.1 Å². The smallest absolute Gasteiger partial charge is 0.267 e. The van der Waals surface area contributed by atoms with Gasteiger partial charge < -0.3 is 15.2 Å². The van der Waals surface area contributed by atoms with Crippen molar-refractivity contribution in [3.63, 3.8) is 0 Å². The van der Waals surface area contributed by atoms with E-state index < -0.39 is 0 Å². The first kappa shape index (κ1) is 25.2. The van der Waals surface area contributed by atoms with E-state index in [-0.39, 0.29) is 11.8 Å². The minimum atomic E-state index is -0.151. The Labute approximate surface area is 213 Å². The zero-order valence-corrected chi connectivity index (χ0v) is 22.0. The van der Waals surface area contributed by atoms with E-state index in [1.54, 1.807) is 0 Å². The maximum atomic E-state index is 13.2. The molecule has 0 unspecified atom stereocenters. The van der Waals surface area contributed by atoms with Gasteiger partial charge in [-0.05, 0) is 92.3 Å². The Balaban J connectivity index is 1.70. The van der Waals surface area contributed by atoms with Crippen molar-refractivity contribution in [2.45, 2.75) is 48.1 Å². The van der Waals surface area contributed by atoms with Gasteiger partial charge in [0, 0.05) is 35.2 Å². The fourth-order valence-electron chi connectivity index (χ4n) is 4.32. The van der Waals surface area contributed by atoms with Crippen LogP contribution in [0.25, 0.3) is 10.9 Å². The Morgan fingerprint density at radius 1 is 0.806 bits per heavy atom. The van der Waals surface area contributed by atoms with E-state index in [2.05, 4.69) is 61.1 Å². The molecular weight excluding hydrogens is 446 g/mol. The van der Waals surface area contributed by atoms with Gasteiger partial charge in [-0.1, -0.05) is 43.7 Å². The number of amides is 2. The summed E-state index contributed by atoms with van der Waals surface area (Å²) in [6.07, 6.45) is 0. The van der Waals surface area contributed by atoms with Crippen molar-refractivity contribution in [2.24, 2.45) is 5.92 Å². The van der Waals surface area contributed by atoms with Crippen LogP contribution in [0.1, 0.15) is 62.5 Å². The highest BCUT2D eigenvalue weighted by Gasteiger charge is 2.18. The molecule has 0 saturated carbocycles. The largest absolute Gasteiger partial charge is 0.351 e. The van der Waals surface area contributed by atoms with Crippen LogP contribution in [-0.4, -0.2) is 22.9 Å². The molecule has 0 bridgehead atoms. The van der Waals surface area contributed by atoms with Gasteiger partial charge in [-0.2, -0.15) is 0 Å². The van der Waals surface area contributed by atoms with Crippen molar-refractivity contribution in [1.82, 2.24) is 9.88 Å². The molecule has 4 rings (SSSR count). The summed E-state index contributed by atoms with van der Waals surface area (Å²) in [5.41, 5.74) is 8.68. The second-order valence-electron chi connectivity index (χ2n) is 10.2. The summed E-state index contributed by atoms with van der Waals surface area (Å²) in [5.74, 6) is 0.117. The standard InChI is InChI=1S/C31H35N3O2/c1-19(2)17-32-31(36)29-16-25-15-27(33-30(35)24-10-9-21(4)23(6)14-24)11-12-28(25)34(29)18-26-13-20(3)7-8-22(26)5/h7-16,19H,17-18H2,1-6H3,(H,32,36)(H,33,35). The first-order valence-electron chi connectivity index (χ1n) is 12.5. The number of nitrogens with one attached hydrogen (secondary N) is 2. The average Bonchev–Trinajstić information content (AvgIpc) is 3.19. The number of hydrogen-bond donors (Lipinski definition) is 2. The number of aromatic nitrogens is 1. The monoisotopic (exact) mass is 481 g/mol. The molecule has 0 aliphatic carbocycles. The highest BCUT2D eigenvalue weighted by Crippen LogP contribution is 2.26. The van der Waals surface area contributed by atoms with Crippen molar-refractivity contribution >= 4 is 28.4 Å². The summed E-state index contributed by atoms with van der Waals surface area (Å²) in [7, 11) is 0. The summed E-state index contributed by atoms with van der Waals surface area (Å²) >= 11 is 0. The number of hydrogen-bond acceptors (Lipinski definition) is 2. The van der Waals surface area contributed by atoms with E-state index in [4.69, 9.17) is 0 Å². The molecule has 0 spiro atoms. The molecule has 3 aromatic carbocycles. The van der Waals surface area contributed by atoms with Crippen molar-refractivity contribution in [3.8, 4) is 0 Å². The Morgan fingerprint density at radius 3 is 2.28 bits per heavy atom. The fraction of sp³-hybridized carbons (Fsp3) is 0.290. The van der Waals surface area contributed by atoms with Crippen LogP contribution in [0.15, 0.2) is 60.7 Å². The molecule has 4 aromatic rings. The minimum Gasteiger partial charge on any atom is -0.351 e. The van der Waals surface area contributed by atoms with E-state index in [1.165, 1.54) is 16.7 Å². The molecule has 0 saturated heterocycles. The predicted octanol–water partition coefficient (Wildman–Crippen LogP) is 6.56. The zero-order chi connectivity index (χ0) is 26.0. The molecule has 2 N–H and O–H groups in total. The maximum absolute atomic E-state index is 13.2. The lowest BCUT2D eigenvalue weighted by molar-refractivity contribution is 0.0940. The Bertz CT molecular complexity index is 1450. The number of fused-ring (bicyclic) bond motifs is 1. The number of anilines is 1. The molecule has 186 valence electrons. The van der Waals surface area contributed by atoms with Crippen LogP contribution in [0, 0.1) is 33.6 Å². The molecule has 0 atom stereocenters. The van der Waals surface area contributed by atoms with Crippen LogP contribution in [-0.2, 0) is 6.54 Å². The molecular formula is C31H35N3O2. The van der Waals surface area contributed by atoms with Crippen molar-refractivity contribution in [1.29, 1.82) is 0 Å². The van der Waals surface area contributed by atoms with Crippen LogP contribution < -0.4 is 10.6 Å². The first-order chi connectivity index (χ1) is 17.1. The van der Waals surface area contributed by atoms with Gasteiger partial charge in [-0.3, -0.25) is 9.59 Å². The molecule has 5 nitrogen and oxygen atoms in total. The van der Waals surface area contributed by atoms with Crippen molar-refractivity contribution in [3.05, 3.63) is 99.7 Å². The second-order valence-corrected chi connectivity index (χ2v) is 10.2. The summed E-state index contributed by atoms with van der Waals surface area (Å²) in [5, 5.41) is 6.98. The van der Waals surface area contributed by atoms with Gasteiger partial charge in [0.15, 0.2) is 0 Å². The van der Waals surface area contributed by atoms with Crippen LogP contribution in [0.2, 0.25) is 0 Å². The van der Waals surface area contributed by atoms with Crippen LogP contribution >= 0.6 is 0 Å². The van der Waals surface area contributed by atoms with Gasteiger partial charge in [0.25, 0.3) is 11.8 Å². The van der Waals surface area contributed by atoms with Gasteiger partial charge in [-0.15, -0.1) is 0 Å². The SMILES string of the molecule is Cc1ccc(C)c(Cn2c(C(=O)NCC(C)C)cc3cc(NC(=O)c4ccc(C)c(C)c4)ccc32)c1. The van der Waals surface area contributed by atoms with Gasteiger partial charge in [0.2, 0.25) is 0 Å². The van der Waals surface area contributed by atoms with E-state index in [1.807, 2.05) is 56.3 Å².